The molecule has 0 N–H and O–H groups in total. The molecule has 0 saturated carbocycles. The minimum Gasteiger partial charge on any atom is -0.0776 e. The van der Waals surface area contributed by atoms with E-state index >= 15 is 0 Å². The smallest absolute Gasteiger partial charge is 0 e. The van der Waals surface area contributed by atoms with Crippen LogP contribution in [-0.4, -0.2) is 37.7 Å². The third kappa shape index (κ3) is 193. The first-order valence-electron chi connectivity index (χ1n) is 0. The van der Waals surface area contributed by atoms with E-state index in [2.05, 4.69) is 0 Å². The largest absolute Gasteiger partial charge is 0.0776 e. The fraction of sp³-hybridized carbons (Fsp3) is 1.00. The van der Waals surface area contributed by atoms with Crippen molar-refractivity contribution in [2.45, 2.75) is 44.6 Å². The van der Waals surface area contributed by atoms with E-state index in [9.17, 15) is 0 Å². The molecule has 0 aliphatic heterocycles. The first-order chi connectivity index (χ1) is 0. The van der Waals surface area contributed by atoms with Crippen LogP contribution in [0.5, 0.6) is 0 Å². The molecule has 0 aliphatic carbocycles. The third-order valence-corrected chi connectivity index (χ3v) is 0. The van der Waals surface area contributed by atoms with Gasteiger partial charge in [0.1, 0.15) is 0 Å². The first-order valence-corrected chi connectivity index (χ1v) is 0. The van der Waals surface area contributed by atoms with Crippen molar-refractivity contribution in [2.75, 3.05) is 0 Å². The quantitative estimate of drug-likeness (QED) is 0.420. The summed E-state index contributed by atoms with van der Waals surface area (Å²) in [6.07, 6.45) is 0. The van der Waals surface area contributed by atoms with Crippen LogP contribution in [-0.2, 0) is 0 Å². The van der Waals surface area contributed by atoms with Crippen LogP contribution in [0.3, 0.4) is 0 Å². The molecule has 0 aromatic rings. The van der Waals surface area contributed by atoms with E-state index in [0.717, 1.165) is 0 Å². The first kappa shape index (κ1) is 433. The Bertz CT molecular complexity index is 6.49. The Morgan fingerprint density at radius 3 is 0.250 bits per heavy atom. The topological polar surface area (TPSA) is 0 Å². The molecule has 0 nitrogen and oxygen atoms in total. The zero-order valence-electron chi connectivity index (χ0n) is 2.00. The summed E-state index contributed by atoms with van der Waals surface area (Å²) >= 11 is 0. The molecule has 0 aromatic heterocycles. The molecule has 0 unspecified atom stereocenters. The van der Waals surface area contributed by atoms with E-state index in [1.54, 1.807) is 0 Å². The van der Waals surface area contributed by atoms with Crippen LogP contribution < -0.4 is 0 Å². The predicted octanol–water partition coefficient (Wildman–Crippen LogP) is 3.06. The van der Waals surface area contributed by atoms with E-state index < -0.39 is 0 Å². The molecular weight excluding hydrogens is 85.9 g/mol. The average Bonchev–Trinajstić information content (AvgIpc) is 0. The van der Waals surface area contributed by atoms with Gasteiger partial charge in [-0.2, -0.15) is 0 Å². The molecule has 0 rings (SSSR count). The Kier molecular flexibility index (Phi) is 16100. The van der Waals surface area contributed by atoms with Gasteiger partial charge in [0.05, 0.1) is 0 Å². The molecule has 0 bridgehead atoms. The molecule has 0 amide bonds. The fourth-order valence-electron chi connectivity index (χ4n) is 0. The van der Waals surface area contributed by atoms with Crippen molar-refractivity contribution in [3.05, 3.63) is 0 Å². The average molecular weight is 110 g/mol. The molecule has 0 aromatic carbocycles. The van der Waals surface area contributed by atoms with Gasteiger partial charge in [-0.1, -0.05) is 44.6 Å². The van der Waals surface area contributed by atoms with Crippen molar-refractivity contribution in [2.24, 2.45) is 0 Å². The standard InChI is InChI=1S/6CH4.2Li/h6*1H4;;. The minimum absolute atomic E-state index is 0. The van der Waals surface area contributed by atoms with Crippen molar-refractivity contribution in [3.8, 4) is 0 Å². The van der Waals surface area contributed by atoms with Crippen molar-refractivity contribution in [1.82, 2.24) is 0 Å². The van der Waals surface area contributed by atoms with Crippen LogP contribution in [0.2, 0.25) is 0 Å². The summed E-state index contributed by atoms with van der Waals surface area (Å²) in [5.74, 6) is 0. The molecule has 50 valence electrons. The zero-order valence-corrected chi connectivity index (χ0v) is 2.00. The van der Waals surface area contributed by atoms with E-state index in [1.165, 1.54) is 0 Å². The Morgan fingerprint density at radius 1 is 0.250 bits per heavy atom. The summed E-state index contributed by atoms with van der Waals surface area (Å²) in [5.41, 5.74) is 0. The van der Waals surface area contributed by atoms with Crippen LogP contribution in [0.1, 0.15) is 44.6 Å². The molecule has 0 fully saturated rings. The van der Waals surface area contributed by atoms with E-state index in [4.69, 9.17) is 0 Å². The molecule has 0 atom stereocenters. The van der Waals surface area contributed by atoms with Gasteiger partial charge in [-0.05, 0) is 0 Å². The molecule has 2 radical (unpaired) electrons. The Hall–Kier alpha value is 1.19. The molecular formula is C6H24Li2. The van der Waals surface area contributed by atoms with Crippen LogP contribution in [0.25, 0.3) is 0 Å². The summed E-state index contributed by atoms with van der Waals surface area (Å²) < 4.78 is 0. The zero-order chi connectivity index (χ0) is 0. The minimum atomic E-state index is 0. The van der Waals surface area contributed by atoms with Crippen LogP contribution >= 0.6 is 0 Å². The summed E-state index contributed by atoms with van der Waals surface area (Å²) in [7, 11) is 0. The van der Waals surface area contributed by atoms with Crippen molar-refractivity contribution in [3.63, 3.8) is 0 Å². The van der Waals surface area contributed by atoms with E-state index in [-0.39, 0.29) is 82.3 Å². The third-order valence-electron chi connectivity index (χ3n) is 0. The second-order valence-corrected chi connectivity index (χ2v) is 0. The Morgan fingerprint density at radius 2 is 0.250 bits per heavy atom. The predicted molar refractivity (Wildman–Crippen MR) is 51.9 cm³/mol. The number of hydrogen-bond donors (Lipinski definition) is 0. The van der Waals surface area contributed by atoms with Gasteiger partial charge in [-0.15, -0.1) is 0 Å². The van der Waals surface area contributed by atoms with Crippen molar-refractivity contribution < 1.29 is 0 Å². The monoisotopic (exact) mass is 110 g/mol. The summed E-state index contributed by atoms with van der Waals surface area (Å²) in [5, 5.41) is 0. The van der Waals surface area contributed by atoms with Crippen molar-refractivity contribution in [1.29, 1.82) is 0 Å². The maximum Gasteiger partial charge on any atom is 0 e. The molecule has 0 aliphatic rings. The van der Waals surface area contributed by atoms with Crippen LogP contribution in [0, 0.1) is 0 Å². The van der Waals surface area contributed by atoms with Gasteiger partial charge in [-0.25, -0.2) is 0 Å². The molecule has 8 heavy (non-hydrogen) atoms. The van der Waals surface area contributed by atoms with E-state index in [0.29, 0.717) is 0 Å². The van der Waals surface area contributed by atoms with Crippen LogP contribution in [0.4, 0.5) is 0 Å². The maximum atomic E-state index is 0. The van der Waals surface area contributed by atoms with E-state index in [1.807, 2.05) is 0 Å². The Balaban J connectivity index is 0. The Labute approximate surface area is 82.2 Å². The summed E-state index contributed by atoms with van der Waals surface area (Å²) in [4.78, 5) is 0. The van der Waals surface area contributed by atoms with Gasteiger partial charge < -0.3 is 0 Å². The normalized spacial score (nSPS) is 0. The second-order valence-electron chi connectivity index (χ2n) is 0. The van der Waals surface area contributed by atoms with Gasteiger partial charge in [0.2, 0.25) is 0 Å². The van der Waals surface area contributed by atoms with Gasteiger partial charge in [0.25, 0.3) is 0 Å². The molecule has 0 heterocycles. The van der Waals surface area contributed by atoms with Crippen molar-refractivity contribution >= 4 is 37.7 Å². The second kappa shape index (κ2) is 297. The van der Waals surface area contributed by atoms with Crippen LogP contribution in [0.15, 0.2) is 0 Å². The van der Waals surface area contributed by atoms with Gasteiger partial charge >= 0.3 is 0 Å². The number of rotatable bonds is 0. The fourth-order valence-corrected chi connectivity index (χ4v) is 0. The SMILES string of the molecule is C.C.C.C.C.C.[Li].[Li]. The van der Waals surface area contributed by atoms with Gasteiger partial charge in [-0.3, -0.25) is 0 Å². The summed E-state index contributed by atoms with van der Waals surface area (Å²) in [6.45, 7) is 0. The summed E-state index contributed by atoms with van der Waals surface area (Å²) in [6, 6.07) is 0. The number of hydrogen-bond acceptors (Lipinski definition) is 0. The van der Waals surface area contributed by atoms with Gasteiger partial charge in [0.15, 0.2) is 0 Å². The molecule has 0 spiro atoms. The molecule has 2 heteroatoms. The maximum absolute atomic E-state index is 0. The van der Waals surface area contributed by atoms with Gasteiger partial charge in [0, 0.05) is 37.7 Å². The molecule has 0 saturated heterocycles.